The van der Waals surface area contributed by atoms with E-state index in [1.165, 1.54) is 0 Å². The first-order valence-electron chi connectivity index (χ1n) is 7.01. The Hall–Kier alpha value is -1.88. The summed E-state index contributed by atoms with van der Waals surface area (Å²) in [6.07, 6.45) is 0.843. The molecule has 0 aliphatic carbocycles. The molecule has 0 fully saturated rings. The van der Waals surface area contributed by atoms with Crippen LogP contribution in [0.25, 0.3) is 0 Å². The highest BCUT2D eigenvalue weighted by Crippen LogP contribution is 2.25. The fraction of sp³-hybridized carbons (Fsp3) is 0.375. The Bertz CT molecular complexity index is 659. The van der Waals surface area contributed by atoms with Crippen LogP contribution in [-0.4, -0.2) is 10.9 Å². The summed E-state index contributed by atoms with van der Waals surface area (Å²) >= 11 is 1.62. The van der Waals surface area contributed by atoms with Gasteiger partial charge in [0.1, 0.15) is 5.56 Å². The smallest absolute Gasteiger partial charge is 0.260 e. The van der Waals surface area contributed by atoms with Crippen LogP contribution in [0.3, 0.4) is 0 Å². The molecule has 0 aromatic carbocycles. The van der Waals surface area contributed by atoms with Gasteiger partial charge >= 0.3 is 0 Å². The average Bonchev–Trinajstić information content (AvgIpc) is 2.90. The Labute approximate surface area is 128 Å². The molecular weight excluding hydrogens is 284 g/mol. The third-order valence-electron chi connectivity index (χ3n) is 3.20. The molecule has 5 heteroatoms. The van der Waals surface area contributed by atoms with Crippen LogP contribution in [0.15, 0.2) is 34.4 Å². The fourth-order valence-electron chi connectivity index (χ4n) is 2.19. The van der Waals surface area contributed by atoms with Gasteiger partial charge in [0.2, 0.25) is 0 Å². The summed E-state index contributed by atoms with van der Waals surface area (Å²) in [6, 6.07) is 7.23. The van der Waals surface area contributed by atoms with Crippen LogP contribution in [-0.2, 0) is 0 Å². The summed E-state index contributed by atoms with van der Waals surface area (Å²) in [5.41, 5.74) is 0.557. The van der Waals surface area contributed by atoms with Gasteiger partial charge in [-0.05, 0) is 42.8 Å². The van der Waals surface area contributed by atoms with Crippen LogP contribution in [0.4, 0.5) is 0 Å². The van der Waals surface area contributed by atoms with Crippen LogP contribution in [0.1, 0.15) is 47.2 Å². The summed E-state index contributed by atoms with van der Waals surface area (Å²) < 4.78 is 0. The third kappa shape index (κ3) is 4.04. The maximum absolute atomic E-state index is 12.3. The molecule has 2 heterocycles. The lowest BCUT2D eigenvalue weighted by molar-refractivity contribution is 0.0931. The summed E-state index contributed by atoms with van der Waals surface area (Å²) in [5, 5.41) is 4.97. The van der Waals surface area contributed by atoms with Crippen LogP contribution in [0.5, 0.6) is 0 Å². The van der Waals surface area contributed by atoms with Crippen LogP contribution in [0.2, 0.25) is 0 Å². The van der Waals surface area contributed by atoms with Gasteiger partial charge in [-0.25, -0.2) is 0 Å². The van der Waals surface area contributed by atoms with E-state index in [1.54, 1.807) is 30.4 Å². The normalized spacial score (nSPS) is 12.4. The number of carbonyl (C=O) groups is 1. The Morgan fingerprint density at radius 1 is 1.33 bits per heavy atom. The van der Waals surface area contributed by atoms with Crippen molar-refractivity contribution < 1.29 is 4.79 Å². The zero-order chi connectivity index (χ0) is 15.4. The molecule has 0 aliphatic rings. The topological polar surface area (TPSA) is 62.0 Å². The lowest BCUT2D eigenvalue weighted by Gasteiger charge is -2.19. The van der Waals surface area contributed by atoms with Gasteiger partial charge in [0.05, 0.1) is 6.04 Å². The molecule has 112 valence electrons. The van der Waals surface area contributed by atoms with Gasteiger partial charge in [-0.3, -0.25) is 9.59 Å². The number of thiophene rings is 1. The highest BCUT2D eigenvalue weighted by Gasteiger charge is 2.19. The van der Waals surface area contributed by atoms with Gasteiger partial charge in [0.15, 0.2) is 0 Å². The predicted molar refractivity (Wildman–Crippen MR) is 85.8 cm³/mol. The molecule has 2 rings (SSSR count). The fourth-order valence-corrected chi connectivity index (χ4v) is 2.98. The molecule has 0 aliphatic heterocycles. The summed E-state index contributed by atoms with van der Waals surface area (Å²) in [4.78, 5) is 28.0. The van der Waals surface area contributed by atoms with Crippen molar-refractivity contribution in [1.82, 2.24) is 10.3 Å². The second-order valence-electron chi connectivity index (χ2n) is 5.56. The highest BCUT2D eigenvalue weighted by molar-refractivity contribution is 7.10. The molecule has 0 unspecified atom stereocenters. The summed E-state index contributed by atoms with van der Waals surface area (Å²) in [7, 11) is 0. The number of hydrogen-bond donors (Lipinski definition) is 2. The van der Waals surface area contributed by atoms with Crippen molar-refractivity contribution in [3.63, 3.8) is 0 Å². The standard InChI is InChI=1S/C16H20N2O2S/c1-10(2)9-13(14-5-4-8-21-14)18-16(20)12-7-6-11(3)17-15(12)19/h4-8,10,13H,9H2,1-3H3,(H,17,19)(H,18,20)/t13-/m1/s1. The van der Waals surface area contributed by atoms with Gasteiger partial charge in [0.25, 0.3) is 11.5 Å². The summed E-state index contributed by atoms with van der Waals surface area (Å²) in [6.45, 7) is 6.02. The average molecular weight is 304 g/mol. The second-order valence-corrected chi connectivity index (χ2v) is 6.53. The van der Waals surface area contributed by atoms with E-state index in [4.69, 9.17) is 0 Å². The van der Waals surface area contributed by atoms with Crippen molar-refractivity contribution in [2.75, 3.05) is 0 Å². The minimum Gasteiger partial charge on any atom is -0.344 e. The van der Waals surface area contributed by atoms with E-state index >= 15 is 0 Å². The van der Waals surface area contributed by atoms with Crippen molar-refractivity contribution in [1.29, 1.82) is 0 Å². The molecule has 0 saturated carbocycles. The zero-order valence-corrected chi connectivity index (χ0v) is 13.3. The van der Waals surface area contributed by atoms with E-state index in [9.17, 15) is 9.59 Å². The molecule has 2 aromatic heterocycles. The van der Waals surface area contributed by atoms with Gasteiger partial charge in [-0.2, -0.15) is 0 Å². The van der Waals surface area contributed by atoms with Gasteiger partial charge in [0, 0.05) is 10.6 Å². The lowest BCUT2D eigenvalue weighted by Crippen LogP contribution is -2.33. The molecule has 0 bridgehead atoms. The molecular formula is C16H20N2O2S. The number of amides is 1. The Morgan fingerprint density at radius 2 is 2.10 bits per heavy atom. The quantitative estimate of drug-likeness (QED) is 0.890. The predicted octanol–water partition coefficient (Wildman–Crippen LogP) is 3.26. The maximum atomic E-state index is 12.3. The number of hydrogen-bond acceptors (Lipinski definition) is 3. The number of aryl methyl sites for hydroxylation is 1. The molecule has 2 aromatic rings. The van der Waals surface area contributed by atoms with Crippen LogP contribution in [0, 0.1) is 12.8 Å². The minimum atomic E-state index is -0.345. The van der Waals surface area contributed by atoms with Crippen LogP contribution >= 0.6 is 11.3 Å². The first-order valence-corrected chi connectivity index (χ1v) is 7.89. The van der Waals surface area contributed by atoms with Crippen molar-refractivity contribution in [3.05, 3.63) is 56.1 Å². The number of rotatable bonds is 5. The molecule has 2 N–H and O–H groups in total. The van der Waals surface area contributed by atoms with E-state index in [2.05, 4.69) is 24.1 Å². The van der Waals surface area contributed by atoms with Crippen molar-refractivity contribution in [3.8, 4) is 0 Å². The molecule has 1 amide bonds. The van der Waals surface area contributed by atoms with Gasteiger partial charge < -0.3 is 10.3 Å². The number of carbonyl (C=O) groups excluding carboxylic acids is 1. The Kier molecular flexibility index (Phi) is 4.96. The van der Waals surface area contributed by atoms with Crippen molar-refractivity contribution >= 4 is 17.2 Å². The van der Waals surface area contributed by atoms with E-state index in [-0.39, 0.29) is 23.1 Å². The van der Waals surface area contributed by atoms with E-state index in [1.807, 2.05) is 17.5 Å². The monoisotopic (exact) mass is 304 g/mol. The zero-order valence-electron chi connectivity index (χ0n) is 12.5. The SMILES string of the molecule is Cc1ccc(C(=O)N[C@H](CC(C)C)c2cccs2)c(=O)[nH]1. The molecule has 0 saturated heterocycles. The van der Waals surface area contributed by atoms with Gasteiger partial charge in [-0.1, -0.05) is 19.9 Å². The Balaban J connectivity index is 2.20. The lowest BCUT2D eigenvalue weighted by atomic mass is 10.0. The third-order valence-corrected chi connectivity index (χ3v) is 4.18. The van der Waals surface area contributed by atoms with E-state index < -0.39 is 0 Å². The first-order chi connectivity index (χ1) is 9.97. The maximum Gasteiger partial charge on any atom is 0.260 e. The molecule has 1 atom stereocenters. The Morgan fingerprint density at radius 3 is 2.67 bits per heavy atom. The largest absolute Gasteiger partial charge is 0.344 e. The number of pyridine rings is 1. The minimum absolute atomic E-state index is 0.0572. The molecule has 0 radical (unpaired) electrons. The van der Waals surface area contributed by atoms with E-state index in [0.29, 0.717) is 5.92 Å². The molecule has 0 spiro atoms. The number of H-pyrrole nitrogens is 1. The second kappa shape index (κ2) is 6.72. The highest BCUT2D eigenvalue weighted by atomic mass is 32.1. The van der Waals surface area contributed by atoms with Crippen molar-refractivity contribution in [2.24, 2.45) is 5.92 Å². The first kappa shape index (κ1) is 15.5. The number of aromatic nitrogens is 1. The van der Waals surface area contributed by atoms with Crippen molar-refractivity contribution in [2.45, 2.75) is 33.2 Å². The van der Waals surface area contributed by atoms with E-state index in [0.717, 1.165) is 17.0 Å². The summed E-state index contributed by atoms with van der Waals surface area (Å²) in [5.74, 6) is 0.129. The molecule has 21 heavy (non-hydrogen) atoms. The van der Waals surface area contributed by atoms with Gasteiger partial charge in [-0.15, -0.1) is 11.3 Å². The number of nitrogens with one attached hydrogen (secondary N) is 2. The van der Waals surface area contributed by atoms with Crippen LogP contribution < -0.4 is 10.9 Å². The molecule has 4 nitrogen and oxygen atoms in total. The number of aromatic amines is 1.